The minimum absolute atomic E-state index is 0.377. The van der Waals surface area contributed by atoms with Crippen molar-refractivity contribution in [2.75, 3.05) is 6.54 Å². The van der Waals surface area contributed by atoms with Crippen molar-refractivity contribution in [3.8, 4) is 0 Å². The van der Waals surface area contributed by atoms with Crippen LogP contribution in [-0.2, 0) is 0 Å². The Hall–Kier alpha value is -1.00. The Balaban J connectivity index is 1.86. The molecule has 0 aliphatic heterocycles. The lowest BCUT2D eigenvalue weighted by molar-refractivity contribution is 0.161. The van der Waals surface area contributed by atoms with Gasteiger partial charge in [0, 0.05) is 12.6 Å². The molecular weight excluding hydrogens is 248 g/mol. The average molecular weight is 269 g/mol. The van der Waals surface area contributed by atoms with E-state index in [9.17, 15) is 13.9 Å². The molecule has 1 aromatic carbocycles. The molecule has 2 N–H and O–H groups in total. The molecule has 0 bridgehead atoms. The highest BCUT2D eigenvalue weighted by Gasteiger charge is 2.19. The molecule has 0 spiro atoms. The molecule has 3 unspecified atom stereocenters. The first-order valence-corrected chi connectivity index (χ1v) is 6.92. The highest BCUT2D eigenvalue weighted by molar-refractivity contribution is 5.20. The molecule has 0 heterocycles. The predicted octanol–water partition coefficient (Wildman–Crippen LogP) is 3.17. The summed E-state index contributed by atoms with van der Waals surface area (Å²) in [7, 11) is 0. The van der Waals surface area contributed by atoms with E-state index in [4.69, 9.17) is 0 Å². The van der Waals surface area contributed by atoms with Crippen molar-refractivity contribution in [2.45, 2.75) is 44.8 Å². The van der Waals surface area contributed by atoms with Gasteiger partial charge in [-0.25, -0.2) is 8.78 Å². The minimum Gasteiger partial charge on any atom is -0.387 e. The lowest BCUT2D eigenvalue weighted by atomic mass is 9.87. The van der Waals surface area contributed by atoms with Gasteiger partial charge in [-0.15, -0.1) is 0 Å². The molecule has 0 aromatic heterocycles. The standard InChI is InChI=1S/C15H21F2NO/c1-10-3-2-4-12(7-10)18-9-15(19)11-5-6-13(16)14(17)8-11/h5-6,8,10,12,15,18-19H,2-4,7,9H2,1H3. The van der Waals surface area contributed by atoms with Gasteiger partial charge in [-0.1, -0.05) is 25.8 Å². The van der Waals surface area contributed by atoms with Gasteiger partial charge in [0.15, 0.2) is 11.6 Å². The van der Waals surface area contributed by atoms with E-state index in [2.05, 4.69) is 12.2 Å². The van der Waals surface area contributed by atoms with Crippen molar-refractivity contribution in [3.63, 3.8) is 0 Å². The number of rotatable bonds is 4. The maximum absolute atomic E-state index is 13.1. The monoisotopic (exact) mass is 269 g/mol. The number of hydrogen-bond donors (Lipinski definition) is 2. The second-order valence-corrected chi connectivity index (χ2v) is 5.57. The molecule has 1 aromatic rings. The van der Waals surface area contributed by atoms with Crippen LogP contribution in [0.25, 0.3) is 0 Å². The summed E-state index contributed by atoms with van der Waals surface area (Å²) in [5.74, 6) is -1.08. The average Bonchev–Trinajstić information content (AvgIpc) is 2.39. The Morgan fingerprint density at radius 1 is 1.32 bits per heavy atom. The van der Waals surface area contributed by atoms with Gasteiger partial charge in [-0.3, -0.25) is 0 Å². The van der Waals surface area contributed by atoms with E-state index in [0.29, 0.717) is 24.1 Å². The highest BCUT2D eigenvalue weighted by atomic mass is 19.2. The fourth-order valence-corrected chi connectivity index (χ4v) is 2.74. The van der Waals surface area contributed by atoms with Crippen LogP contribution in [0.2, 0.25) is 0 Å². The van der Waals surface area contributed by atoms with Crippen LogP contribution in [0.3, 0.4) is 0 Å². The second kappa shape index (κ2) is 6.44. The number of aliphatic hydroxyl groups excluding tert-OH is 1. The highest BCUT2D eigenvalue weighted by Crippen LogP contribution is 2.24. The summed E-state index contributed by atoms with van der Waals surface area (Å²) in [6.45, 7) is 2.61. The third-order valence-corrected chi connectivity index (χ3v) is 3.86. The van der Waals surface area contributed by atoms with Crippen LogP contribution in [0.15, 0.2) is 18.2 Å². The van der Waals surface area contributed by atoms with Crippen molar-refractivity contribution >= 4 is 0 Å². The van der Waals surface area contributed by atoms with Gasteiger partial charge in [0.1, 0.15) is 0 Å². The summed E-state index contributed by atoms with van der Waals surface area (Å²) in [6, 6.07) is 3.96. The number of benzene rings is 1. The maximum Gasteiger partial charge on any atom is 0.159 e. The van der Waals surface area contributed by atoms with E-state index in [1.165, 1.54) is 18.9 Å². The van der Waals surface area contributed by atoms with Crippen LogP contribution in [0.5, 0.6) is 0 Å². The fraction of sp³-hybridized carbons (Fsp3) is 0.600. The van der Waals surface area contributed by atoms with Crippen molar-refractivity contribution in [3.05, 3.63) is 35.4 Å². The van der Waals surface area contributed by atoms with Gasteiger partial charge in [0.05, 0.1) is 6.10 Å². The summed E-state index contributed by atoms with van der Waals surface area (Å²) < 4.78 is 25.9. The first-order chi connectivity index (χ1) is 9.06. The van der Waals surface area contributed by atoms with Crippen molar-refractivity contribution in [1.82, 2.24) is 5.32 Å². The number of aliphatic hydroxyl groups is 1. The quantitative estimate of drug-likeness (QED) is 0.880. The van der Waals surface area contributed by atoms with E-state index in [1.54, 1.807) is 0 Å². The Morgan fingerprint density at radius 3 is 2.79 bits per heavy atom. The van der Waals surface area contributed by atoms with Gasteiger partial charge < -0.3 is 10.4 Å². The zero-order chi connectivity index (χ0) is 13.8. The summed E-state index contributed by atoms with van der Waals surface area (Å²) in [4.78, 5) is 0. The zero-order valence-corrected chi connectivity index (χ0v) is 11.2. The Labute approximate surface area is 112 Å². The Bertz CT molecular complexity index is 425. The largest absolute Gasteiger partial charge is 0.387 e. The minimum atomic E-state index is -0.914. The van der Waals surface area contributed by atoms with E-state index < -0.39 is 17.7 Å². The van der Waals surface area contributed by atoms with Gasteiger partial charge in [-0.05, 0) is 36.5 Å². The molecule has 106 valence electrons. The van der Waals surface area contributed by atoms with E-state index in [1.807, 2.05) is 0 Å². The maximum atomic E-state index is 13.1. The van der Waals surface area contributed by atoms with Gasteiger partial charge in [-0.2, -0.15) is 0 Å². The van der Waals surface area contributed by atoms with Crippen LogP contribution in [0, 0.1) is 17.6 Å². The molecule has 0 saturated heterocycles. The molecule has 1 fully saturated rings. The van der Waals surface area contributed by atoms with Crippen LogP contribution < -0.4 is 5.32 Å². The van der Waals surface area contributed by atoms with Gasteiger partial charge >= 0.3 is 0 Å². The van der Waals surface area contributed by atoms with E-state index in [-0.39, 0.29) is 0 Å². The molecule has 0 amide bonds. The third-order valence-electron chi connectivity index (χ3n) is 3.86. The van der Waals surface area contributed by atoms with Crippen molar-refractivity contribution < 1.29 is 13.9 Å². The smallest absolute Gasteiger partial charge is 0.159 e. The van der Waals surface area contributed by atoms with Crippen molar-refractivity contribution in [2.24, 2.45) is 5.92 Å². The molecule has 19 heavy (non-hydrogen) atoms. The second-order valence-electron chi connectivity index (χ2n) is 5.57. The molecule has 2 rings (SSSR count). The lowest BCUT2D eigenvalue weighted by Crippen LogP contribution is -2.36. The molecule has 4 heteroatoms. The molecule has 2 nitrogen and oxygen atoms in total. The summed E-state index contributed by atoms with van der Waals surface area (Å²) >= 11 is 0. The molecule has 0 radical (unpaired) electrons. The van der Waals surface area contributed by atoms with Crippen molar-refractivity contribution in [1.29, 1.82) is 0 Å². The number of halogens is 2. The summed E-state index contributed by atoms with van der Waals surface area (Å²) in [6.07, 6.45) is 3.91. The molecule has 3 atom stereocenters. The first kappa shape index (κ1) is 14.4. The molecule has 1 saturated carbocycles. The van der Waals surface area contributed by atoms with E-state index >= 15 is 0 Å². The lowest BCUT2D eigenvalue weighted by Gasteiger charge is -2.28. The third kappa shape index (κ3) is 3.98. The number of nitrogens with one attached hydrogen (secondary N) is 1. The summed E-state index contributed by atoms with van der Waals surface area (Å²) in [5, 5.41) is 13.3. The molecular formula is C15H21F2NO. The first-order valence-electron chi connectivity index (χ1n) is 6.92. The van der Waals surface area contributed by atoms with Crippen LogP contribution >= 0.6 is 0 Å². The Kier molecular flexibility index (Phi) is 4.88. The molecule has 1 aliphatic rings. The number of hydrogen-bond acceptors (Lipinski definition) is 2. The SMILES string of the molecule is CC1CCCC(NCC(O)c2ccc(F)c(F)c2)C1. The van der Waals surface area contributed by atoms with Gasteiger partial charge in [0.2, 0.25) is 0 Å². The van der Waals surface area contributed by atoms with Crippen LogP contribution in [0.1, 0.15) is 44.3 Å². The van der Waals surface area contributed by atoms with Crippen LogP contribution in [-0.4, -0.2) is 17.7 Å². The van der Waals surface area contributed by atoms with Gasteiger partial charge in [0.25, 0.3) is 0 Å². The predicted molar refractivity (Wildman–Crippen MR) is 70.7 cm³/mol. The zero-order valence-electron chi connectivity index (χ0n) is 11.2. The van der Waals surface area contributed by atoms with E-state index in [0.717, 1.165) is 25.0 Å². The topological polar surface area (TPSA) is 32.3 Å². The Morgan fingerprint density at radius 2 is 2.11 bits per heavy atom. The fourth-order valence-electron chi connectivity index (χ4n) is 2.74. The van der Waals surface area contributed by atoms with Crippen LogP contribution in [0.4, 0.5) is 8.78 Å². The summed E-state index contributed by atoms with van der Waals surface area (Å²) in [5.41, 5.74) is 0.412. The normalized spacial score (nSPS) is 25.3. The molecule has 1 aliphatic carbocycles.